The molecule has 0 aliphatic carbocycles. The molecule has 0 bridgehead atoms. The molecule has 7 heteroatoms. The van der Waals surface area contributed by atoms with Gasteiger partial charge in [-0.25, -0.2) is 9.97 Å². The third-order valence-corrected chi connectivity index (χ3v) is 5.80. The van der Waals surface area contributed by atoms with Crippen LogP contribution in [0.3, 0.4) is 0 Å². The van der Waals surface area contributed by atoms with Gasteiger partial charge in [0.2, 0.25) is 5.91 Å². The fourth-order valence-corrected chi connectivity index (χ4v) is 4.01. The molecule has 0 saturated heterocycles. The number of fused-ring (bicyclic) bond motifs is 1. The Bertz CT molecular complexity index is 926. The zero-order chi connectivity index (χ0) is 19.9. The summed E-state index contributed by atoms with van der Waals surface area (Å²) in [5, 5.41) is 3.95. The molecule has 28 heavy (non-hydrogen) atoms. The zero-order valence-electron chi connectivity index (χ0n) is 16.2. The number of anilines is 1. The monoisotopic (exact) mass is 416 g/mol. The first-order valence-corrected chi connectivity index (χ1v) is 10.9. The molecule has 5 nitrogen and oxygen atoms in total. The topological polar surface area (TPSA) is 59.8 Å². The second kappa shape index (κ2) is 9.94. The van der Waals surface area contributed by atoms with Gasteiger partial charge in [-0.2, -0.15) is 0 Å². The van der Waals surface area contributed by atoms with E-state index in [1.807, 2.05) is 25.1 Å². The van der Waals surface area contributed by atoms with Gasteiger partial charge in [0.25, 0.3) is 0 Å². The van der Waals surface area contributed by atoms with Crippen molar-refractivity contribution in [1.82, 2.24) is 14.5 Å². The number of nitrogens with zero attached hydrogens (tertiary/aromatic N) is 3. The summed E-state index contributed by atoms with van der Waals surface area (Å²) in [5.41, 5.74) is 2.08. The van der Waals surface area contributed by atoms with E-state index in [2.05, 4.69) is 27.9 Å². The Labute approximate surface area is 174 Å². The molecular formula is C21H25ClN4OS. The Morgan fingerprint density at radius 2 is 2.04 bits per heavy atom. The summed E-state index contributed by atoms with van der Waals surface area (Å²) in [7, 11) is 0. The van der Waals surface area contributed by atoms with Crippen LogP contribution in [-0.2, 0) is 11.3 Å². The molecule has 1 N–H and O–H groups in total. The number of rotatable bonds is 9. The first kappa shape index (κ1) is 20.7. The number of para-hydroxylation sites is 2. The Kier molecular flexibility index (Phi) is 7.34. The third-order valence-electron chi connectivity index (χ3n) is 4.48. The van der Waals surface area contributed by atoms with E-state index in [1.165, 1.54) is 37.2 Å². The number of nitrogens with one attached hydrogen (secondary N) is 1. The number of unbranched alkanes of at least 4 members (excludes halogenated alkanes) is 3. The van der Waals surface area contributed by atoms with E-state index >= 15 is 0 Å². The second-order valence-electron chi connectivity index (χ2n) is 6.71. The van der Waals surface area contributed by atoms with Crippen LogP contribution >= 0.6 is 23.4 Å². The van der Waals surface area contributed by atoms with E-state index in [0.29, 0.717) is 10.8 Å². The number of pyridine rings is 1. The molecule has 0 aliphatic rings. The van der Waals surface area contributed by atoms with Crippen molar-refractivity contribution in [1.29, 1.82) is 0 Å². The number of thioether (sulfide) groups is 1. The molecule has 1 amide bonds. The van der Waals surface area contributed by atoms with E-state index in [1.54, 1.807) is 12.1 Å². The fourth-order valence-electron chi connectivity index (χ4n) is 2.95. The molecule has 0 saturated carbocycles. The molecular weight excluding hydrogens is 392 g/mol. The minimum Gasteiger partial charge on any atom is -0.319 e. The van der Waals surface area contributed by atoms with Crippen molar-refractivity contribution in [3.05, 3.63) is 47.6 Å². The fraction of sp³-hybridized carbons (Fsp3) is 0.381. The molecule has 2 aromatic heterocycles. The van der Waals surface area contributed by atoms with Gasteiger partial charge in [0.15, 0.2) is 5.16 Å². The van der Waals surface area contributed by atoms with E-state index in [9.17, 15) is 4.79 Å². The highest BCUT2D eigenvalue weighted by Gasteiger charge is 2.19. The van der Waals surface area contributed by atoms with Crippen LogP contribution < -0.4 is 5.32 Å². The number of imidazole rings is 1. The normalized spacial score (nSPS) is 12.2. The molecule has 2 heterocycles. The number of aryl methyl sites for hydroxylation is 1. The highest BCUT2D eigenvalue weighted by Crippen LogP contribution is 2.28. The first-order chi connectivity index (χ1) is 13.6. The van der Waals surface area contributed by atoms with Gasteiger partial charge in [-0.15, -0.1) is 0 Å². The Hall–Kier alpha value is -2.05. The van der Waals surface area contributed by atoms with Gasteiger partial charge in [0, 0.05) is 12.7 Å². The summed E-state index contributed by atoms with van der Waals surface area (Å²) >= 11 is 7.32. The van der Waals surface area contributed by atoms with Crippen molar-refractivity contribution in [2.45, 2.75) is 56.5 Å². The summed E-state index contributed by atoms with van der Waals surface area (Å²) in [6.45, 7) is 5.01. The summed E-state index contributed by atoms with van der Waals surface area (Å²) < 4.78 is 2.24. The number of hydrogen-bond donors (Lipinski definition) is 1. The largest absolute Gasteiger partial charge is 0.319 e. The molecule has 1 aromatic carbocycles. The maximum Gasteiger partial charge on any atom is 0.238 e. The third kappa shape index (κ3) is 5.26. The van der Waals surface area contributed by atoms with Crippen LogP contribution in [0, 0.1) is 0 Å². The first-order valence-electron chi connectivity index (χ1n) is 9.63. The smallest absolute Gasteiger partial charge is 0.238 e. The molecule has 0 radical (unpaired) electrons. The highest BCUT2D eigenvalue weighted by molar-refractivity contribution is 8.00. The van der Waals surface area contributed by atoms with E-state index in [-0.39, 0.29) is 11.2 Å². The number of carbonyl (C=O) groups excluding carboxylic acids is 1. The van der Waals surface area contributed by atoms with Crippen LogP contribution in [0.1, 0.15) is 39.5 Å². The molecule has 0 unspecified atom stereocenters. The van der Waals surface area contributed by atoms with E-state index < -0.39 is 0 Å². The average Bonchev–Trinajstić information content (AvgIpc) is 3.04. The molecule has 0 fully saturated rings. The maximum atomic E-state index is 12.6. The van der Waals surface area contributed by atoms with Gasteiger partial charge >= 0.3 is 0 Å². The van der Waals surface area contributed by atoms with E-state index in [4.69, 9.17) is 16.6 Å². The predicted molar refractivity (Wildman–Crippen MR) is 117 cm³/mol. The highest BCUT2D eigenvalue weighted by atomic mass is 35.5. The minimum absolute atomic E-state index is 0.107. The van der Waals surface area contributed by atoms with Crippen molar-refractivity contribution in [2.24, 2.45) is 0 Å². The number of hydrogen-bond acceptors (Lipinski definition) is 4. The quantitative estimate of drug-likeness (QED) is 0.354. The van der Waals surface area contributed by atoms with Crippen LogP contribution in [0.4, 0.5) is 5.82 Å². The second-order valence-corrected chi connectivity index (χ2v) is 8.45. The van der Waals surface area contributed by atoms with Crippen molar-refractivity contribution in [3.8, 4) is 0 Å². The predicted octanol–water partition coefficient (Wildman–Crippen LogP) is 5.78. The minimum atomic E-state index is -0.302. The van der Waals surface area contributed by atoms with Crippen molar-refractivity contribution in [2.75, 3.05) is 5.32 Å². The molecule has 148 valence electrons. The SMILES string of the molecule is CCCCCCn1c(S[C@H](C)C(=O)Nc2ccc(Cl)cn2)nc2ccccc21. The van der Waals surface area contributed by atoms with Crippen molar-refractivity contribution < 1.29 is 4.79 Å². The lowest BCUT2D eigenvalue weighted by molar-refractivity contribution is -0.115. The number of aromatic nitrogens is 3. The number of benzene rings is 1. The van der Waals surface area contributed by atoms with Gasteiger partial charge < -0.3 is 9.88 Å². The lowest BCUT2D eigenvalue weighted by Gasteiger charge is -2.13. The maximum absolute atomic E-state index is 12.6. The van der Waals surface area contributed by atoms with Gasteiger partial charge in [-0.3, -0.25) is 4.79 Å². The number of halogens is 1. The molecule has 0 aliphatic heterocycles. The van der Waals surface area contributed by atoms with Crippen LogP contribution in [0.2, 0.25) is 5.02 Å². The standard InChI is InChI=1S/C21H25ClN4OS/c1-3-4-5-8-13-26-18-10-7-6-9-17(18)24-21(26)28-15(2)20(27)25-19-12-11-16(22)14-23-19/h6-7,9-12,14-15H,3-5,8,13H2,1-2H3,(H,23,25,27)/t15-/m1/s1. The van der Waals surface area contributed by atoms with Crippen LogP contribution in [0.25, 0.3) is 11.0 Å². The summed E-state index contributed by atoms with van der Waals surface area (Å²) in [6.07, 6.45) is 6.28. The Balaban J connectivity index is 1.72. The summed E-state index contributed by atoms with van der Waals surface area (Å²) in [4.78, 5) is 21.5. The number of amides is 1. The van der Waals surface area contributed by atoms with Gasteiger partial charge in [0.05, 0.1) is 21.3 Å². The Morgan fingerprint density at radius 1 is 1.21 bits per heavy atom. The Morgan fingerprint density at radius 3 is 2.79 bits per heavy atom. The molecule has 3 rings (SSSR count). The van der Waals surface area contributed by atoms with Gasteiger partial charge in [0.1, 0.15) is 5.82 Å². The van der Waals surface area contributed by atoms with Gasteiger partial charge in [-0.05, 0) is 37.6 Å². The molecule has 1 atom stereocenters. The van der Waals surface area contributed by atoms with Crippen molar-refractivity contribution >= 4 is 46.1 Å². The van der Waals surface area contributed by atoms with E-state index in [0.717, 1.165) is 29.2 Å². The zero-order valence-corrected chi connectivity index (χ0v) is 17.8. The lowest BCUT2D eigenvalue weighted by atomic mass is 10.2. The summed E-state index contributed by atoms with van der Waals surface area (Å²) in [6, 6.07) is 11.5. The van der Waals surface area contributed by atoms with Gasteiger partial charge in [-0.1, -0.05) is 61.7 Å². The molecule has 3 aromatic rings. The number of carbonyl (C=O) groups is 1. The van der Waals surface area contributed by atoms with Crippen LogP contribution in [0.5, 0.6) is 0 Å². The van der Waals surface area contributed by atoms with Crippen LogP contribution in [0.15, 0.2) is 47.8 Å². The molecule has 0 spiro atoms. The van der Waals surface area contributed by atoms with Crippen molar-refractivity contribution in [3.63, 3.8) is 0 Å². The van der Waals surface area contributed by atoms with Crippen LogP contribution in [-0.4, -0.2) is 25.7 Å². The summed E-state index contributed by atoms with van der Waals surface area (Å²) in [5.74, 6) is 0.388. The lowest BCUT2D eigenvalue weighted by Crippen LogP contribution is -2.23. The average molecular weight is 417 g/mol.